The number of aromatic nitrogens is 3. The average molecular weight is 423 g/mol. The lowest BCUT2D eigenvalue weighted by atomic mass is 10.1. The molecule has 1 N–H and O–H groups in total. The van der Waals surface area contributed by atoms with Crippen molar-refractivity contribution in [2.45, 2.75) is 11.6 Å². The number of benzene rings is 2. The quantitative estimate of drug-likeness (QED) is 0.356. The lowest BCUT2D eigenvalue weighted by molar-refractivity contribution is -0.118. The van der Waals surface area contributed by atoms with Crippen LogP contribution >= 0.6 is 23.3 Å². The molecule has 2 aromatic heterocycles. The third-order valence-corrected chi connectivity index (χ3v) is 6.22. The predicted octanol–water partition coefficient (Wildman–Crippen LogP) is 4.17. The maximum absolute atomic E-state index is 12.2. The van der Waals surface area contributed by atoms with Crippen LogP contribution in [0.3, 0.4) is 0 Å². The van der Waals surface area contributed by atoms with Crippen LogP contribution in [0, 0.1) is 0 Å². The Morgan fingerprint density at radius 3 is 2.66 bits per heavy atom. The highest BCUT2D eigenvalue weighted by molar-refractivity contribution is 8.00. The zero-order chi connectivity index (χ0) is 20.1. The summed E-state index contributed by atoms with van der Waals surface area (Å²) in [4.78, 5) is 21.0. The molecular formula is C21H18N4O2S2. The topological polar surface area (TPSA) is 77.0 Å². The smallest absolute Gasteiger partial charge is 0.230 e. The monoisotopic (exact) mass is 422 g/mol. The Hall–Kier alpha value is -2.97. The molecule has 0 spiro atoms. The van der Waals surface area contributed by atoms with Gasteiger partial charge in [0.2, 0.25) is 5.91 Å². The van der Waals surface area contributed by atoms with Crippen molar-refractivity contribution in [1.82, 2.24) is 19.7 Å². The van der Waals surface area contributed by atoms with Crippen LogP contribution in [0.2, 0.25) is 0 Å². The van der Waals surface area contributed by atoms with Crippen molar-refractivity contribution < 1.29 is 9.53 Å². The van der Waals surface area contributed by atoms with E-state index in [-0.39, 0.29) is 11.7 Å². The van der Waals surface area contributed by atoms with Gasteiger partial charge >= 0.3 is 0 Å². The van der Waals surface area contributed by atoms with Gasteiger partial charge in [0.1, 0.15) is 33.0 Å². The van der Waals surface area contributed by atoms with Crippen LogP contribution < -0.4 is 10.1 Å². The summed E-state index contributed by atoms with van der Waals surface area (Å²) in [7, 11) is 1.64. The maximum atomic E-state index is 12.2. The summed E-state index contributed by atoms with van der Waals surface area (Å²) in [5.41, 5.74) is 3.64. The SMILES string of the molecule is COc1ccc(-c2nsc3c(SCC(=O)NCc4ccccc4)ncnc23)cc1. The summed E-state index contributed by atoms with van der Waals surface area (Å²) in [5, 5.41) is 3.70. The van der Waals surface area contributed by atoms with Gasteiger partial charge in [-0.25, -0.2) is 9.97 Å². The lowest BCUT2D eigenvalue weighted by Crippen LogP contribution is -2.24. The standard InChI is InChI=1S/C21H18N4O2S2/c1-27-16-9-7-15(8-10-16)18-19-20(29-25-18)21(24-13-23-19)28-12-17(26)22-11-14-5-3-2-4-6-14/h2-10,13H,11-12H2,1H3,(H,22,26). The van der Waals surface area contributed by atoms with E-state index in [1.807, 2.05) is 54.6 Å². The molecule has 0 bridgehead atoms. The highest BCUT2D eigenvalue weighted by Crippen LogP contribution is 2.34. The van der Waals surface area contributed by atoms with E-state index in [0.29, 0.717) is 6.54 Å². The van der Waals surface area contributed by atoms with Gasteiger partial charge in [-0.05, 0) is 41.4 Å². The number of hydrogen-bond acceptors (Lipinski definition) is 7. The van der Waals surface area contributed by atoms with Crippen LogP contribution in [0.4, 0.5) is 0 Å². The predicted molar refractivity (Wildman–Crippen MR) is 116 cm³/mol. The molecule has 0 unspecified atom stereocenters. The number of rotatable bonds is 7. The Bertz CT molecular complexity index is 1110. The molecule has 0 fully saturated rings. The number of ether oxygens (including phenoxy) is 1. The number of carbonyl (C=O) groups excluding carboxylic acids is 1. The first-order chi connectivity index (χ1) is 14.2. The van der Waals surface area contributed by atoms with Crippen molar-refractivity contribution in [2.24, 2.45) is 0 Å². The molecule has 146 valence electrons. The third-order valence-electron chi connectivity index (χ3n) is 4.26. The highest BCUT2D eigenvalue weighted by Gasteiger charge is 2.15. The first kappa shape index (κ1) is 19.4. The number of methoxy groups -OCH3 is 1. The molecule has 2 aromatic carbocycles. The van der Waals surface area contributed by atoms with Gasteiger partial charge in [0.25, 0.3) is 0 Å². The van der Waals surface area contributed by atoms with Crippen LogP contribution in [0.15, 0.2) is 66.0 Å². The summed E-state index contributed by atoms with van der Waals surface area (Å²) in [6.07, 6.45) is 1.52. The molecule has 4 aromatic rings. The fourth-order valence-electron chi connectivity index (χ4n) is 2.77. The van der Waals surface area contributed by atoms with Crippen molar-refractivity contribution >= 4 is 39.4 Å². The minimum absolute atomic E-state index is 0.0366. The van der Waals surface area contributed by atoms with E-state index in [9.17, 15) is 4.79 Å². The van der Waals surface area contributed by atoms with Crippen molar-refractivity contribution in [1.29, 1.82) is 0 Å². The normalized spacial score (nSPS) is 10.8. The number of thioether (sulfide) groups is 1. The molecule has 0 aliphatic carbocycles. The Kier molecular flexibility index (Phi) is 6.02. The van der Waals surface area contributed by atoms with Gasteiger partial charge in [-0.2, -0.15) is 4.37 Å². The van der Waals surface area contributed by atoms with E-state index in [4.69, 9.17) is 4.74 Å². The fraction of sp³-hybridized carbons (Fsp3) is 0.143. The summed E-state index contributed by atoms with van der Waals surface area (Å²) in [5.74, 6) is 1.04. The van der Waals surface area contributed by atoms with Gasteiger partial charge in [-0.3, -0.25) is 4.79 Å². The Morgan fingerprint density at radius 1 is 1.10 bits per heavy atom. The molecule has 0 atom stereocenters. The van der Waals surface area contributed by atoms with E-state index in [1.165, 1.54) is 29.6 Å². The van der Waals surface area contributed by atoms with Crippen LogP contribution in [0.25, 0.3) is 21.5 Å². The minimum Gasteiger partial charge on any atom is -0.497 e. The molecule has 8 heteroatoms. The van der Waals surface area contributed by atoms with E-state index in [2.05, 4.69) is 19.7 Å². The van der Waals surface area contributed by atoms with Crippen molar-refractivity contribution in [3.63, 3.8) is 0 Å². The molecule has 0 aliphatic rings. The average Bonchev–Trinajstić information content (AvgIpc) is 3.22. The second-order valence-electron chi connectivity index (χ2n) is 6.17. The Labute approximate surface area is 176 Å². The van der Waals surface area contributed by atoms with E-state index in [0.717, 1.165) is 37.8 Å². The number of nitrogens with one attached hydrogen (secondary N) is 1. The van der Waals surface area contributed by atoms with Gasteiger partial charge < -0.3 is 10.1 Å². The fourth-order valence-corrected chi connectivity index (χ4v) is 4.51. The minimum atomic E-state index is -0.0366. The first-order valence-corrected chi connectivity index (χ1v) is 10.7. The number of carbonyl (C=O) groups is 1. The largest absolute Gasteiger partial charge is 0.497 e. The Balaban J connectivity index is 1.45. The van der Waals surface area contributed by atoms with Crippen LogP contribution in [-0.2, 0) is 11.3 Å². The third kappa shape index (κ3) is 4.55. The van der Waals surface area contributed by atoms with E-state index < -0.39 is 0 Å². The lowest BCUT2D eigenvalue weighted by Gasteiger charge is -2.05. The van der Waals surface area contributed by atoms with Crippen LogP contribution in [-0.4, -0.2) is 33.1 Å². The maximum Gasteiger partial charge on any atom is 0.230 e. The van der Waals surface area contributed by atoms with Crippen molar-refractivity contribution in [3.8, 4) is 17.0 Å². The molecule has 6 nitrogen and oxygen atoms in total. The van der Waals surface area contributed by atoms with Crippen molar-refractivity contribution in [3.05, 3.63) is 66.5 Å². The molecule has 0 saturated carbocycles. The molecule has 29 heavy (non-hydrogen) atoms. The molecule has 0 saturated heterocycles. The number of fused-ring (bicyclic) bond motifs is 1. The first-order valence-electron chi connectivity index (χ1n) is 8.93. The summed E-state index contributed by atoms with van der Waals surface area (Å²) < 4.78 is 10.7. The van der Waals surface area contributed by atoms with Crippen LogP contribution in [0.1, 0.15) is 5.56 Å². The summed E-state index contributed by atoms with van der Waals surface area (Å²) >= 11 is 2.74. The van der Waals surface area contributed by atoms with Gasteiger partial charge in [-0.15, -0.1) is 0 Å². The molecule has 2 heterocycles. The zero-order valence-electron chi connectivity index (χ0n) is 15.7. The van der Waals surface area contributed by atoms with Crippen LogP contribution in [0.5, 0.6) is 5.75 Å². The second kappa shape index (κ2) is 9.02. The Morgan fingerprint density at radius 2 is 1.90 bits per heavy atom. The molecule has 0 radical (unpaired) electrons. The second-order valence-corrected chi connectivity index (χ2v) is 7.90. The molecule has 4 rings (SSSR count). The molecule has 0 aliphatic heterocycles. The van der Waals surface area contributed by atoms with Gasteiger partial charge in [-0.1, -0.05) is 42.1 Å². The highest BCUT2D eigenvalue weighted by atomic mass is 32.2. The zero-order valence-corrected chi connectivity index (χ0v) is 17.3. The van der Waals surface area contributed by atoms with Crippen molar-refractivity contribution in [2.75, 3.05) is 12.9 Å². The molecular weight excluding hydrogens is 404 g/mol. The number of nitrogens with zero attached hydrogens (tertiary/aromatic N) is 3. The molecule has 1 amide bonds. The van der Waals surface area contributed by atoms with Gasteiger partial charge in [0.05, 0.1) is 12.9 Å². The van der Waals surface area contributed by atoms with E-state index in [1.54, 1.807) is 7.11 Å². The number of amides is 1. The van der Waals surface area contributed by atoms with E-state index >= 15 is 0 Å². The van der Waals surface area contributed by atoms with Gasteiger partial charge in [0, 0.05) is 12.1 Å². The van der Waals surface area contributed by atoms with Gasteiger partial charge in [0.15, 0.2) is 0 Å². The number of hydrogen-bond donors (Lipinski definition) is 1. The summed E-state index contributed by atoms with van der Waals surface area (Å²) in [6, 6.07) is 17.5. The summed E-state index contributed by atoms with van der Waals surface area (Å²) in [6.45, 7) is 0.515.